The van der Waals surface area contributed by atoms with Gasteiger partial charge in [0.2, 0.25) is 0 Å². The molecular formula is C18H25BN2O4. The third-order valence-electron chi connectivity index (χ3n) is 5.70. The lowest BCUT2D eigenvalue weighted by molar-refractivity contribution is -0.0327. The van der Waals surface area contributed by atoms with Crippen LogP contribution in [0.5, 0.6) is 0 Å². The lowest BCUT2D eigenvalue weighted by Crippen LogP contribution is -2.41. The van der Waals surface area contributed by atoms with E-state index in [1.54, 1.807) is 0 Å². The van der Waals surface area contributed by atoms with Gasteiger partial charge in [-0.1, -0.05) is 12.1 Å². The van der Waals surface area contributed by atoms with E-state index in [0.717, 1.165) is 16.4 Å². The minimum absolute atomic E-state index is 0.138. The minimum atomic E-state index is -0.425. The molecule has 0 saturated carbocycles. The zero-order valence-corrected chi connectivity index (χ0v) is 15.2. The van der Waals surface area contributed by atoms with Crippen molar-refractivity contribution in [3.8, 4) is 0 Å². The first kappa shape index (κ1) is 17.0. The molecule has 2 fully saturated rings. The van der Waals surface area contributed by atoms with Crippen molar-refractivity contribution in [2.75, 3.05) is 13.2 Å². The second-order valence-electron chi connectivity index (χ2n) is 8.01. The third kappa shape index (κ3) is 2.89. The second-order valence-corrected chi connectivity index (χ2v) is 8.01. The van der Waals surface area contributed by atoms with E-state index in [9.17, 15) is 5.11 Å². The van der Waals surface area contributed by atoms with Gasteiger partial charge in [-0.05, 0) is 45.6 Å². The van der Waals surface area contributed by atoms with Crippen molar-refractivity contribution >= 4 is 23.5 Å². The Morgan fingerprint density at radius 2 is 1.92 bits per heavy atom. The molecular weight excluding hydrogens is 319 g/mol. The van der Waals surface area contributed by atoms with Crippen LogP contribution in [-0.4, -0.2) is 52.5 Å². The van der Waals surface area contributed by atoms with E-state index in [4.69, 9.17) is 14.0 Å². The molecule has 25 heavy (non-hydrogen) atoms. The lowest BCUT2D eigenvalue weighted by atomic mass is 9.79. The quantitative estimate of drug-likeness (QED) is 0.840. The molecule has 1 aromatic heterocycles. The van der Waals surface area contributed by atoms with Gasteiger partial charge in [0, 0.05) is 18.2 Å². The molecule has 0 bridgehead atoms. The molecule has 6 nitrogen and oxygen atoms in total. The Morgan fingerprint density at radius 3 is 2.60 bits per heavy atom. The minimum Gasteiger partial charge on any atom is -0.399 e. The first-order valence-corrected chi connectivity index (χ1v) is 8.87. The van der Waals surface area contributed by atoms with Gasteiger partial charge in [0.1, 0.15) is 6.04 Å². The monoisotopic (exact) mass is 344 g/mol. The Labute approximate surface area is 148 Å². The third-order valence-corrected chi connectivity index (χ3v) is 5.70. The van der Waals surface area contributed by atoms with Crippen LogP contribution < -0.4 is 5.46 Å². The van der Waals surface area contributed by atoms with Gasteiger partial charge in [-0.25, -0.2) is 0 Å². The fourth-order valence-electron chi connectivity index (χ4n) is 3.32. The van der Waals surface area contributed by atoms with Gasteiger partial charge in [0.15, 0.2) is 0 Å². The van der Waals surface area contributed by atoms with E-state index in [1.807, 2.05) is 50.7 Å². The van der Waals surface area contributed by atoms with Crippen LogP contribution in [0.1, 0.15) is 40.2 Å². The summed E-state index contributed by atoms with van der Waals surface area (Å²) in [7, 11) is -0.388. The highest BCUT2D eigenvalue weighted by atomic mass is 16.7. The SMILES string of the molecule is CC1(C)OB(c2ccc3nn([C@H]4COCC[C@@H]4O)cc3c2)OC1(C)C. The summed E-state index contributed by atoms with van der Waals surface area (Å²) in [6.07, 6.45) is 2.18. The number of aliphatic hydroxyl groups excluding tert-OH is 1. The molecule has 0 unspecified atom stereocenters. The average Bonchev–Trinajstić information content (AvgIpc) is 3.05. The van der Waals surface area contributed by atoms with Crippen molar-refractivity contribution in [2.24, 2.45) is 0 Å². The molecule has 1 N–H and O–H groups in total. The number of hydrogen-bond donors (Lipinski definition) is 1. The number of hydrogen-bond acceptors (Lipinski definition) is 5. The van der Waals surface area contributed by atoms with E-state index in [1.165, 1.54) is 0 Å². The van der Waals surface area contributed by atoms with Crippen LogP contribution in [0.3, 0.4) is 0 Å². The zero-order chi connectivity index (χ0) is 17.8. The highest BCUT2D eigenvalue weighted by Crippen LogP contribution is 2.36. The summed E-state index contributed by atoms with van der Waals surface area (Å²) >= 11 is 0. The van der Waals surface area contributed by atoms with Gasteiger partial charge < -0.3 is 19.2 Å². The molecule has 2 aromatic rings. The molecule has 134 valence electrons. The van der Waals surface area contributed by atoms with Crippen LogP contribution in [0.25, 0.3) is 10.9 Å². The highest BCUT2D eigenvalue weighted by Gasteiger charge is 2.51. The van der Waals surface area contributed by atoms with Crippen LogP contribution in [0.2, 0.25) is 0 Å². The fraction of sp³-hybridized carbons (Fsp3) is 0.611. The fourth-order valence-corrected chi connectivity index (χ4v) is 3.32. The predicted octanol–water partition coefficient (Wildman–Crippen LogP) is 1.66. The standard InChI is InChI=1S/C18H25BN2O4/c1-17(2)18(3,4)25-19(24-17)13-5-6-14-12(9-13)10-21(20-14)15-11-23-8-7-16(15)22/h5-6,9-10,15-16,22H,7-8,11H2,1-4H3/t15-,16-/m0/s1. The van der Waals surface area contributed by atoms with Crippen molar-refractivity contribution in [3.63, 3.8) is 0 Å². The maximum atomic E-state index is 10.2. The van der Waals surface area contributed by atoms with Crippen molar-refractivity contribution in [1.82, 2.24) is 9.78 Å². The Hall–Kier alpha value is -1.41. The van der Waals surface area contributed by atoms with E-state index in [-0.39, 0.29) is 24.4 Å². The number of benzene rings is 1. The predicted molar refractivity (Wildman–Crippen MR) is 95.9 cm³/mol. The highest BCUT2D eigenvalue weighted by molar-refractivity contribution is 6.62. The number of fused-ring (bicyclic) bond motifs is 1. The summed E-state index contributed by atoms with van der Waals surface area (Å²) in [6, 6.07) is 5.89. The van der Waals surface area contributed by atoms with Crippen LogP contribution in [0.15, 0.2) is 24.4 Å². The summed E-state index contributed by atoms with van der Waals surface area (Å²) in [5, 5.41) is 15.8. The van der Waals surface area contributed by atoms with Crippen molar-refractivity contribution in [2.45, 2.75) is 57.5 Å². The summed E-state index contributed by atoms with van der Waals surface area (Å²) in [5.41, 5.74) is 1.14. The largest absolute Gasteiger partial charge is 0.494 e. The molecule has 0 aliphatic carbocycles. The van der Waals surface area contributed by atoms with E-state index in [2.05, 4.69) is 11.2 Å². The van der Waals surface area contributed by atoms with Crippen molar-refractivity contribution < 1.29 is 19.2 Å². The molecule has 2 aliphatic rings. The normalized spacial score (nSPS) is 28.6. The van der Waals surface area contributed by atoms with Gasteiger partial charge in [0.05, 0.1) is 29.4 Å². The van der Waals surface area contributed by atoms with Crippen LogP contribution in [0, 0.1) is 0 Å². The number of aromatic nitrogens is 2. The maximum absolute atomic E-state index is 10.2. The molecule has 3 heterocycles. The lowest BCUT2D eigenvalue weighted by Gasteiger charge is -2.32. The number of nitrogens with zero attached hydrogens (tertiary/aromatic N) is 2. The van der Waals surface area contributed by atoms with E-state index < -0.39 is 6.10 Å². The van der Waals surface area contributed by atoms with Gasteiger partial charge in [-0.3, -0.25) is 4.68 Å². The molecule has 4 rings (SSSR count). The summed E-state index contributed by atoms with van der Waals surface area (Å²) in [5.74, 6) is 0. The second kappa shape index (κ2) is 5.81. The summed E-state index contributed by atoms with van der Waals surface area (Å²) in [6.45, 7) is 9.29. The molecule has 1 aromatic carbocycles. The van der Waals surface area contributed by atoms with Gasteiger partial charge in [0.25, 0.3) is 0 Å². The van der Waals surface area contributed by atoms with Crippen LogP contribution in [-0.2, 0) is 14.0 Å². The van der Waals surface area contributed by atoms with Crippen LogP contribution >= 0.6 is 0 Å². The van der Waals surface area contributed by atoms with E-state index >= 15 is 0 Å². The molecule has 0 radical (unpaired) electrons. The smallest absolute Gasteiger partial charge is 0.399 e. The van der Waals surface area contributed by atoms with Gasteiger partial charge in [-0.2, -0.15) is 5.10 Å². The van der Waals surface area contributed by atoms with Crippen molar-refractivity contribution in [1.29, 1.82) is 0 Å². The Kier molecular flexibility index (Phi) is 3.96. The molecule has 0 amide bonds. The summed E-state index contributed by atoms with van der Waals surface area (Å²) in [4.78, 5) is 0. The topological polar surface area (TPSA) is 65.7 Å². The van der Waals surface area contributed by atoms with Crippen molar-refractivity contribution in [3.05, 3.63) is 24.4 Å². The average molecular weight is 344 g/mol. The Balaban J connectivity index is 1.63. The molecule has 2 saturated heterocycles. The molecule has 2 aliphatic heterocycles. The molecule has 2 atom stereocenters. The van der Waals surface area contributed by atoms with Crippen LogP contribution in [0.4, 0.5) is 0 Å². The molecule has 0 spiro atoms. The molecule has 7 heteroatoms. The Morgan fingerprint density at radius 1 is 1.20 bits per heavy atom. The first-order valence-electron chi connectivity index (χ1n) is 8.87. The van der Waals surface area contributed by atoms with E-state index in [0.29, 0.717) is 19.6 Å². The summed E-state index contributed by atoms with van der Waals surface area (Å²) < 4.78 is 19.6. The number of ether oxygens (including phenoxy) is 1. The number of rotatable bonds is 2. The number of aliphatic hydroxyl groups is 1. The first-order chi connectivity index (χ1) is 11.8. The Bertz CT molecular complexity index is 772. The zero-order valence-electron chi connectivity index (χ0n) is 15.2. The maximum Gasteiger partial charge on any atom is 0.494 e. The van der Waals surface area contributed by atoms with Gasteiger partial charge >= 0.3 is 7.12 Å². The van der Waals surface area contributed by atoms with Gasteiger partial charge in [-0.15, -0.1) is 0 Å².